The lowest BCUT2D eigenvalue weighted by molar-refractivity contribution is -0.385. The normalized spacial score (nSPS) is 10.3. The van der Waals surface area contributed by atoms with Gasteiger partial charge in [0.2, 0.25) is 0 Å². The van der Waals surface area contributed by atoms with Gasteiger partial charge in [0.25, 0.3) is 11.5 Å². The highest BCUT2D eigenvalue weighted by Crippen LogP contribution is 2.18. The minimum Gasteiger partial charge on any atom is -0.460 e. The van der Waals surface area contributed by atoms with E-state index in [1.165, 1.54) is 10.7 Å². The molecule has 21 heavy (non-hydrogen) atoms. The second kappa shape index (κ2) is 6.55. The average molecular weight is 291 g/mol. The number of aryl methyl sites for hydroxylation is 2. The molecule has 1 heterocycles. The largest absolute Gasteiger partial charge is 0.460 e. The summed E-state index contributed by atoms with van der Waals surface area (Å²) in [5.74, 6) is -0.638. The zero-order chi connectivity index (χ0) is 15.2. The lowest BCUT2D eigenvalue weighted by atomic mass is 10.1. The van der Waals surface area contributed by atoms with E-state index in [1.807, 2.05) is 0 Å². The molecule has 0 radical (unpaired) electrons. The van der Waals surface area contributed by atoms with E-state index in [9.17, 15) is 14.9 Å². The Balaban J connectivity index is 2.13. The van der Waals surface area contributed by atoms with E-state index < -0.39 is 10.9 Å². The number of tetrazole rings is 1. The molecule has 2 rings (SSSR count). The zero-order valence-corrected chi connectivity index (χ0v) is 11.3. The highest BCUT2D eigenvalue weighted by Gasteiger charge is 2.18. The van der Waals surface area contributed by atoms with Crippen molar-refractivity contribution in [2.75, 3.05) is 6.61 Å². The van der Waals surface area contributed by atoms with Gasteiger partial charge in [0.05, 0.1) is 11.5 Å². The molecule has 0 fully saturated rings. The van der Waals surface area contributed by atoms with E-state index in [1.54, 1.807) is 25.1 Å². The molecule has 110 valence electrons. The van der Waals surface area contributed by atoms with Gasteiger partial charge in [0, 0.05) is 18.2 Å². The van der Waals surface area contributed by atoms with E-state index in [0.717, 1.165) is 0 Å². The van der Waals surface area contributed by atoms with Gasteiger partial charge in [0.1, 0.15) is 0 Å². The molecule has 0 bridgehead atoms. The summed E-state index contributed by atoms with van der Waals surface area (Å²) in [6, 6.07) is 6.41. The summed E-state index contributed by atoms with van der Waals surface area (Å²) >= 11 is 0. The number of carbonyl (C=O) groups excluding carboxylic acids is 1. The van der Waals surface area contributed by atoms with Gasteiger partial charge in [-0.2, -0.15) is 0 Å². The Morgan fingerprint density at radius 3 is 2.90 bits per heavy atom. The van der Waals surface area contributed by atoms with E-state index in [-0.39, 0.29) is 24.7 Å². The number of nitrogens with zero attached hydrogens (tertiary/aromatic N) is 5. The number of nitro groups is 1. The van der Waals surface area contributed by atoms with Gasteiger partial charge < -0.3 is 4.74 Å². The Morgan fingerprint density at radius 1 is 1.43 bits per heavy atom. The fraction of sp³-hybridized carbons (Fsp3) is 0.333. The average Bonchev–Trinajstić information content (AvgIpc) is 2.94. The van der Waals surface area contributed by atoms with Crippen molar-refractivity contribution in [3.8, 4) is 0 Å². The van der Waals surface area contributed by atoms with Crippen molar-refractivity contribution in [2.24, 2.45) is 0 Å². The van der Waals surface area contributed by atoms with Crippen molar-refractivity contribution in [1.82, 2.24) is 20.2 Å². The maximum atomic E-state index is 11.6. The van der Waals surface area contributed by atoms with Crippen LogP contribution in [0.15, 0.2) is 24.3 Å². The molecule has 0 amide bonds. The van der Waals surface area contributed by atoms with Crippen LogP contribution in [-0.2, 0) is 17.7 Å². The number of hydrogen-bond acceptors (Lipinski definition) is 7. The molecular formula is C12H13N5O4. The second-order valence-corrected chi connectivity index (χ2v) is 4.08. The predicted molar refractivity (Wildman–Crippen MR) is 70.6 cm³/mol. The summed E-state index contributed by atoms with van der Waals surface area (Å²) in [6.45, 7) is 2.14. The first-order valence-electron chi connectivity index (χ1n) is 6.29. The first kappa shape index (κ1) is 14.6. The quantitative estimate of drug-likeness (QED) is 0.443. The molecule has 9 nitrogen and oxygen atoms in total. The zero-order valence-electron chi connectivity index (χ0n) is 11.3. The van der Waals surface area contributed by atoms with Crippen molar-refractivity contribution in [1.29, 1.82) is 0 Å². The number of para-hydroxylation sites is 1. The van der Waals surface area contributed by atoms with Crippen LogP contribution in [0.2, 0.25) is 0 Å². The standard InChI is InChI=1S/C12H13N5O4/c1-2-21-12(18)11-13-14-15-16(11)8-7-9-5-3-4-6-10(9)17(19)20/h3-6H,2,7-8H2,1H3. The van der Waals surface area contributed by atoms with Crippen LogP contribution in [0.4, 0.5) is 5.69 Å². The predicted octanol–water partition coefficient (Wildman–Crippen LogP) is 1.00. The Labute approximate surface area is 119 Å². The van der Waals surface area contributed by atoms with E-state index >= 15 is 0 Å². The molecule has 2 aromatic rings. The van der Waals surface area contributed by atoms with Crippen molar-refractivity contribution in [3.05, 3.63) is 45.8 Å². The number of nitro benzene ring substituents is 1. The van der Waals surface area contributed by atoms with Crippen LogP contribution in [-0.4, -0.2) is 37.7 Å². The molecule has 0 saturated heterocycles. The number of hydrogen-bond donors (Lipinski definition) is 0. The van der Waals surface area contributed by atoms with E-state index in [2.05, 4.69) is 15.5 Å². The van der Waals surface area contributed by atoms with E-state index in [0.29, 0.717) is 12.0 Å². The first-order valence-corrected chi connectivity index (χ1v) is 6.29. The Morgan fingerprint density at radius 2 is 2.19 bits per heavy atom. The second-order valence-electron chi connectivity index (χ2n) is 4.08. The van der Waals surface area contributed by atoms with Crippen LogP contribution < -0.4 is 0 Å². The van der Waals surface area contributed by atoms with Crippen LogP contribution in [0.1, 0.15) is 23.1 Å². The van der Waals surface area contributed by atoms with Gasteiger partial charge in [-0.05, 0) is 23.8 Å². The van der Waals surface area contributed by atoms with Crippen LogP contribution in [0.3, 0.4) is 0 Å². The Kier molecular flexibility index (Phi) is 4.54. The van der Waals surface area contributed by atoms with Gasteiger partial charge in [-0.1, -0.05) is 18.2 Å². The third-order valence-corrected chi connectivity index (χ3v) is 2.77. The maximum absolute atomic E-state index is 11.6. The highest BCUT2D eigenvalue weighted by molar-refractivity contribution is 5.85. The minimum atomic E-state index is -0.620. The molecule has 0 N–H and O–H groups in total. The third kappa shape index (κ3) is 3.38. The van der Waals surface area contributed by atoms with Crippen LogP contribution >= 0.6 is 0 Å². The first-order chi connectivity index (χ1) is 10.1. The van der Waals surface area contributed by atoms with Crippen molar-refractivity contribution in [2.45, 2.75) is 19.9 Å². The molecule has 0 atom stereocenters. The Hall–Kier alpha value is -2.84. The lowest BCUT2D eigenvalue weighted by Crippen LogP contribution is -2.16. The molecule has 0 aliphatic heterocycles. The summed E-state index contributed by atoms with van der Waals surface area (Å²) in [5.41, 5.74) is 0.580. The molecule has 0 unspecified atom stereocenters. The lowest BCUT2D eigenvalue weighted by Gasteiger charge is -2.05. The number of carbonyl (C=O) groups is 1. The molecule has 0 aliphatic carbocycles. The van der Waals surface area contributed by atoms with Crippen LogP contribution in [0.5, 0.6) is 0 Å². The monoisotopic (exact) mass is 291 g/mol. The SMILES string of the molecule is CCOC(=O)c1nnnn1CCc1ccccc1[N+](=O)[O-]. The van der Waals surface area contributed by atoms with Gasteiger partial charge in [0.15, 0.2) is 0 Å². The molecule has 9 heteroatoms. The minimum absolute atomic E-state index is 0.0181. The van der Waals surface area contributed by atoms with Crippen LogP contribution in [0.25, 0.3) is 0 Å². The summed E-state index contributed by atoms with van der Waals surface area (Å²) in [6.07, 6.45) is 0.328. The molecule has 1 aromatic heterocycles. The summed E-state index contributed by atoms with van der Waals surface area (Å²) < 4.78 is 6.10. The van der Waals surface area contributed by atoms with Gasteiger partial charge >= 0.3 is 5.97 Å². The molecule has 1 aromatic carbocycles. The molecular weight excluding hydrogens is 278 g/mol. The van der Waals surface area contributed by atoms with E-state index in [4.69, 9.17) is 4.74 Å². The fourth-order valence-electron chi connectivity index (χ4n) is 1.82. The summed E-state index contributed by atoms with van der Waals surface area (Å²) in [5, 5.41) is 21.6. The summed E-state index contributed by atoms with van der Waals surface area (Å²) in [7, 11) is 0. The van der Waals surface area contributed by atoms with Crippen molar-refractivity contribution in [3.63, 3.8) is 0 Å². The number of benzene rings is 1. The molecule has 0 spiro atoms. The van der Waals surface area contributed by atoms with Crippen molar-refractivity contribution < 1.29 is 14.5 Å². The van der Waals surface area contributed by atoms with Crippen molar-refractivity contribution >= 4 is 11.7 Å². The van der Waals surface area contributed by atoms with Crippen LogP contribution in [0, 0.1) is 10.1 Å². The smallest absolute Gasteiger partial charge is 0.378 e. The summed E-state index contributed by atoms with van der Waals surface area (Å²) in [4.78, 5) is 22.1. The number of ether oxygens (including phenoxy) is 1. The van der Waals surface area contributed by atoms with Gasteiger partial charge in [-0.15, -0.1) is 5.10 Å². The van der Waals surface area contributed by atoms with Gasteiger partial charge in [-0.25, -0.2) is 9.48 Å². The number of esters is 1. The fourth-order valence-corrected chi connectivity index (χ4v) is 1.82. The topological polar surface area (TPSA) is 113 Å². The number of rotatable bonds is 6. The molecule has 0 saturated carbocycles. The highest BCUT2D eigenvalue weighted by atomic mass is 16.6. The maximum Gasteiger partial charge on any atom is 0.378 e. The number of aromatic nitrogens is 4. The molecule has 0 aliphatic rings. The third-order valence-electron chi connectivity index (χ3n) is 2.77. The van der Waals surface area contributed by atoms with Gasteiger partial charge in [-0.3, -0.25) is 10.1 Å². The Bertz CT molecular complexity index is 655.